The minimum absolute atomic E-state index is 0.141. The summed E-state index contributed by atoms with van der Waals surface area (Å²) in [6.07, 6.45) is 1.44. The number of hydrogen-bond donors (Lipinski definition) is 0. The summed E-state index contributed by atoms with van der Waals surface area (Å²) in [5.74, 6) is -0.814. The van der Waals surface area contributed by atoms with E-state index in [1.54, 1.807) is 36.1 Å². The van der Waals surface area contributed by atoms with Gasteiger partial charge in [-0.2, -0.15) is 0 Å². The molecular weight excluding hydrogens is 284 g/mol. The van der Waals surface area contributed by atoms with Crippen LogP contribution in [-0.2, 0) is 14.3 Å². The topological polar surface area (TPSA) is 66.9 Å². The van der Waals surface area contributed by atoms with E-state index in [1.807, 2.05) is 0 Å². The third-order valence-electron chi connectivity index (χ3n) is 4.08. The molecule has 0 N–H and O–H groups in total. The maximum Gasteiger partial charge on any atom is 0.326 e. The van der Waals surface area contributed by atoms with Crippen molar-refractivity contribution >= 4 is 23.5 Å². The highest BCUT2D eigenvalue weighted by atomic mass is 16.5. The normalized spacial score (nSPS) is 20.5. The van der Waals surface area contributed by atoms with Crippen molar-refractivity contribution in [3.05, 3.63) is 29.8 Å². The quantitative estimate of drug-likeness (QED) is 0.787. The van der Waals surface area contributed by atoms with Crippen molar-refractivity contribution in [2.24, 2.45) is 0 Å². The fraction of sp³-hybridized carbons (Fsp3) is 0.438. The van der Waals surface area contributed by atoms with Crippen LogP contribution in [0.2, 0.25) is 0 Å². The van der Waals surface area contributed by atoms with Gasteiger partial charge in [0, 0.05) is 6.54 Å². The zero-order valence-corrected chi connectivity index (χ0v) is 12.4. The van der Waals surface area contributed by atoms with Crippen LogP contribution in [0, 0.1) is 0 Å². The summed E-state index contributed by atoms with van der Waals surface area (Å²) in [6, 6.07) is 6.44. The van der Waals surface area contributed by atoms with Gasteiger partial charge in [0.1, 0.15) is 12.6 Å². The van der Waals surface area contributed by atoms with E-state index < -0.39 is 12.0 Å². The average molecular weight is 302 g/mol. The first kappa shape index (κ1) is 14.6. The van der Waals surface area contributed by atoms with E-state index in [4.69, 9.17) is 4.74 Å². The van der Waals surface area contributed by atoms with Gasteiger partial charge in [-0.15, -0.1) is 0 Å². The number of benzene rings is 1. The van der Waals surface area contributed by atoms with Crippen molar-refractivity contribution in [1.29, 1.82) is 0 Å². The van der Waals surface area contributed by atoms with E-state index in [0.29, 0.717) is 24.2 Å². The second-order valence-electron chi connectivity index (χ2n) is 5.40. The van der Waals surface area contributed by atoms with E-state index in [1.165, 1.54) is 4.90 Å². The summed E-state index contributed by atoms with van der Waals surface area (Å²) in [5.41, 5.74) is 0.949. The Kier molecular flexibility index (Phi) is 3.83. The molecule has 22 heavy (non-hydrogen) atoms. The highest BCUT2D eigenvalue weighted by Crippen LogP contribution is 2.32. The molecule has 116 valence electrons. The largest absolute Gasteiger partial charge is 0.465 e. The summed E-state index contributed by atoms with van der Waals surface area (Å²) < 4.78 is 4.96. The number of carbonyl (C=O) groups excluding carboxylic acids is 3. The Labute approximate surface area is 128 Å². The van der Waals surface area contributed by atoms with Crippen molar-refractivity contribution in [3.63, 3.8) is 0 Å². The first-order valence-electron chi connectivity index (χ1n) is 7.50. The minimum Gasteiger partial charge on any atom is -0.465 e. The fourth-order valence-electron chi connectivity index (χ4n) is 3.11. The lowest BCUT2D eigenvalue weighted by molar-refractivity contribution is -0.142. The number of anilines is 1. The minimum atomic E-state index is -0.477. The molecule has 2 amide bonds. The molecule has 0 radical (unpaired) electrons. The lowest BCUT2D eigenvalue weighted by atomic mass is 10.1. The average Bonchev–Trinajstić information content (AvgIpc) is 2.98. The van der Waals surface area contributed by atoms with Crippen LogP contribution >= 0.6 is 0 Å². The van der Waals surface area contributed by atoms with Gasteiger partial charge in [0.25, 0.3) is 5.91 Å². The molecule has 0 bridgehead atoms. The van der Waals surface area contributed by atoms with Crippen LogP contribution in [-0.4, -0.2) is 48.4 Å². The van der Waals surface area contributed by atoms with Gasteiger partial charge in [-0.05, 0) is 31.9 Å². The summed E-state index contributed by atoms with van der Waals surface area (Å²) >= 11 is 0. The lowest BCUT2D eigenvalue weighted by Gasteiger charge is -2.25. The van der Waals surface area contributed by atoms with E-state index >= 15 is 0 Å². The van der Waals surface area contributed by atoms with Gasteiger partial charge in [0.2, 0.25) is 5.91 Å². The molecule has 0 unspecified atom stereocenters. The maximum absolute atomic E-state index is 12.8. The molecule has 1 fully saturated rings. The number of hydrogen-bond acceptors (Lipinski definition) is 4. The van der Waals surface area contributed by atoms with Gasteiger partial charge >= 0.3 is 5.97 Å². The summed E-state index contributed by atoms with van der Waals surface area (Å²) in [4.78, 5) is 40.3. The molecule has 2 aliphatic heterocycles. The van der Waals surface area contributed by atoms with Crippen LogP contribution in [0.25, 0.3) is 0 Å². The van der Waals surface area contributed by atoms with Gasteiger partial charge in [-0.25, -0.2) is 0 Å². The van der Waals surface area contributed by atoms with Crippen LogP contribution in [0.15, 0.2) is 24.3 Å². The van der Waals surface area contributed by atoms with Crippen molar-refractivity contribution in [2.45, 2.75) is 25.8 Å². The van der Waals surface area contributed by atoms with Gasteiger partial charge in [-0.1, -0.05) is 12.1 Å². The lowest BCUT2D eigenvalue weighted by Crippen LogP contribution is -2.46. The van der Waals surface area contributed by atoms with Gasteiger partial charge in [0.05, 0.1) is 17.9 Å². The van der Waals surface area contributed by atoms with Crippen molar-refractivity contribution in [1.82, 2.24) is 4.90 Å². The van der Waals surface area contributed by atoms with Crippen LogP contribution in [0.4, 0.5) is 5.69 Å². The Balaban J connectivity index is 2.02. The van der Waals surface area contributed by atoms with Gasteiger partial charge < -0.3 is 9.64 Å². The number of carbonyl (C=O) groups is 3. The second-order valence-corrected chi connectivity index (χ2v) is 5.40. The molecule has 0 spiro atoms. The third kappa shape index (κ3) is 2.34. The zero-order chi connectivity index (χ0) is 15.7. The van der Waals surface area contributed by atoms with Gasteiger partial charge in [0.15, 0.2) is 0 Å². The molecule has 6 heteroatoms. The molecule has 6 nitrogen and oxygen atoms in total. The first-order valence-corrected chi connectivity index (χ1v) is 7.50. The molecule has 2 heterocycles. The molecular formula is C16H18N2O4. The van der Waals surface area contributed by atoms with Crippen molar-refractivity contribution < 1.29 is 19.1 Å². The Morgan fingerprint density at radius 1 is 1.32 bits per heavy atom. The molecule has 0 aromatic heterocycles. The Morgan fingerprint density at radius 3 is 2.86 bits per heavy atom. The smallest absolute Gasteiger partial charge is 0.326 e. The molecule has 1 saturated heterocycles. The molecule has 2 aliphatic rings. The van der Waals surface area contributed by atoms with Crippen molar-refractivity contribution in [2.75, 3.05) is 24.6 Å². The summed E-state index contributed by atoms with van der Waals surface area (Å²) in [5, 5.41) is 0. The van der Waals surface area contributed by atoms with Gasteiger partial charge in [-0.3, -0.25) is 19.3 Å². The number of esters is 1. The molecule has 0 aliphatic carbocycles. The van der Waals surface area contributed by atoms with Crippen LogP contribution < -0.4 is 4.90 Å². The molecule has 1 aromatic carbocycles. The number of ether oxygens (including phenoxy) is 1. The molecule has 1 aromatic rings. The summed E-state index contributed by atoms with van der Waals surface area (Å²) in [6.45, 7) is 2.40. The SMILES string of the molecule is CCOC(=O)CN1C(=O)[C@H]2CCCN2C(=O)c2ccccc21. The molecule has 0 saturated carbocycles. The first-order chi connectivity index (χ1) is 10.6. The second kappa shape index (κ2) is 5.79. The monoisotopic (exact) mass is 302 g/mol. The van der Waals surface area contributed by atoms with E-state index in [0.717, 1.165) is 6.42 Å². The number of fused-ring (bicyclic) bond motifs is 2. The summed E-state index contributed by atoms with van der Waals surface area (Å²) in [7, 11) is 0. The highest BCUT2D eigenvalue weighted by molar-refractivity contribution is 6.12. The number of nitrogens with zero attached hydrogens (tertiary/aromatic N) is 2. The third-order valence-corrected chi connectivity index (χ3v) is 4.08. The standard InChI is InChI=1S/C16H18N2O4/c1-2-22-14(19)10-18-12-7-4-3-6-11(12)15(20)17-9-5-8-13(17)16(18)21/h3-4,6-7,13H,2,5,8-10H2,1H3/t13-/m1/s1. The Morgan fingerprint density at radius 2 is 2.09 bits per heavy atom. The number of rotatable bonds is 3. The fourth-order valence-corrected chi connectivity index (χ4v) is 3.11. The predicted molar refractivity (Wildman–Crippen MR) is 79.5 cm³/mol. The van der Waals surface area contributed by atoms with Crippen molar-refractivity contribution in [3.8, 4) is 0 Å². The van der Waals surface area contributed by atoms with E-state index in [9.17, 15) is 14.4 Å². The van der Waals surface area contributed by atoms with E-state index in [-0.39, 0.29) is 25.0 Å². The molecule has 1 atom stereocenters. The maximum atomic E-state index is 12.8. The molecule has 3 rings (SSSR count). The zero-order valence-electron chi connectivity index (χ0n) is 12.4. The number of amides is 2. The Hall–Kier alpha value is -2.37. The highest BCUT2D eigenvalue weighted by Gasteiger charge is 2.42. The number of para-hydroxylation sites is 1. The van der Waals surface area contributed by atoms with E-state index in [2.05, 4.69) is 0 Å². The predicted octanol–water partition coefficient (Wildman–Crippen LogP) is 1.20. The Bertz CT molecular complexity index is 628. The van der Waals surface area contributed by atoms with Crippen LogP contribution in [0.3, 0.4) is 0 Å². The van der Waals surface area contributed by atoms with Crippen LogP contribution in [0.5, 0.6) is 0 Å². The van der Waals surface area contributed by atoms with Crippen LogP contribution in [0.1, 0.15) is 30.1 Å².